The maximum atomic E-state index is 5.10. The van der Waals surface area contributed by atoms with E-state index in [1.54, 1.807) is 17.7 Å². The number of aromatic nitrogens is 6. The van der Waals surface area contributed by atoms with E-state index in [-0.39, 0.29) is 0 Å². The highest BCUT2D eigenvalue weighted by atomic mass is 32.1. The Kier molecular flexibility index (Phi) is 8.90. The molecule has 0 aliphatic heterocycles. The fourth-order valence-electron chi connectivity index (χ4n) is 12.7. The molecule has 0 fully saturated rings. The van der Waals surface area contributed by atoms with Crippen LogP contribution in [0.5, 0.6) is 0 Å². The third-order valence-corrected chi connectivity index (χ3v) is 17.2. The van der Waals surface area contributed by atoms with Crippen molar-refractivity contribution in [2.24, 2.45) is 0 Å². The van der Waals surface area contributed by atoms with E-state index in [1.807, 2.05) is 0 Å². The topological polar surface area (TPSA) is 45.5 Å². The van der Waals surface area contributed by atoms with Crippen LogP contribution in [0.4, 0.5) is 0 Å². The largest absolute Gasteiger partial charge is 0.309 e. The summed E-state index contributed by atoms with van der Waals surface area (Å²) in [5, 5.41) is 10.9. The van der Waals surface area contributed by atoms with Crippen molar-refractivity contribution in [1.82, 2.24) is 28.2 Å². The van der Waals surface area contributed by atoms with E-state index in [9.17, 15) is 0 Å². The minimum atomic E-state index is 0.888. The second-order valence-electron chi connectivity index (χ2n) is 20.2. The Morgan fingerprint density at radius 2 is 0.623 bits per heavy atom. The Morgan fingerprint density at radius 3 is 1.06 bits per heavy atom. The molecule has 11 aromatic carbocycles. The van der Waals surface area contributed by atoms with Gasteiger partial charge in [-0.05, 0) is 138 Å². The molecule has 7 heteroatoms. The third-order valence-electron chi connectivity index (χ3n) is 16.1. The average Bonchev–Trinajstić information content (AvgIpc) is 4.36. The van der Waals surface area contributed by atoms with Crippen molar-refractivity contribution in [3.63, 3.8) is 0 Å². The average molecular weight is 999 g/mol. The lowest BCUT2D eigenvalue weighted by Crippen LogP contribution is -1.98. The van der Waals surface area contributed by atoms with Crippen LogP contribution in [0.15, 0.2) is 255 Å². The molecule has 0 unspecified atom stereocenters. The number of fused-ring (bicyclic) bond motifs is 15. The second-order valence-corrected chi connectivity index (χ2v) is 21.2. The predicted octanol–water partition coefficient (Wildman–Crippen LogP) is 18.6. The highest BCUT2D eigenvalue weighted by Gasteiger charge is 2.22. The lowest BCUT2D eigenvalue weighted by molar-refractivity contribution is 1.08. The van der Waals surface area contributed by atoms with Crippen LogP contribution in [-0.2, 0) is 0 Å². The molecule has 17 aromatic rings. The molecule has 6 heterocycles. The van der Waals surface area contributed by atoms with E-state index in [0.717, 1.165) is 55.0 Å². The summed E-state index contributed by atoms with van der Waals surface area (Å²) < 4.78 is 11.7. The van der Waals surface area contributed by atoms with E-state index in [2.05, 4.69) is 267 Å². The number of rotatable bonds is 6. The molecule has 0 aliphatic carbocycles. The number of hydrogen-bond donors (Lipinski definition) is 0. The lowest BCUT2D eigenvalue weighted by atomic mass is 10.0. The van der Waals surface area contributed by atoms with Crippen LogP contribution < -0.4 is 0 Å². The van der Waals surface area contributed by atoms with Gasteiger partial charge in [-0.25, -0.2) is 9.97 Å². The first-order valence-corrected chi connectivity index (χ1v) is 26.9. The van der Waals surface area contributed by atoms with Crippen molar-refractivity contribution in [2.75, 3.05) is 0 Å². The molecule has 0 aliphatic rings. The Labute approximate surface area is 444 Å². The number of thiophene rings is 1. The van der Waals surface area contributed by atoms with Crippen molar-refractivity contribution in [2.45, 2.75) is 0 Å². The highest BCUT2D eigenvalue weighted by Crippen LogP contribution is 2.44. The minimum Gasteiger partial charge on any atom is -0.309 e. The maximum Gasteiger partial charge on any atom is 0.159 e. The maximum absolute atomic E-state index is 5.10. The Morgan fingerprint density at radius 1 is 0.260 bits per heavy atom. The number of benzene rings is 11. The summed E-state index contributed by atoms with van der Waals surface area (Å²) in [6.07, 6.45) is 1.74. The van der Waals surface area contributed by atoms with Gasteiger partial charge in [0.15, 0.2) is 5.82 Å². The van der Waals surface area contributed by atoms with Gasteiger partial charge in [-0.15, -0.1) is 11.3 Å². The second kappa shape index (κ2) is 16.2. The van der Waals surface area contributed by atoms with Crippen LogP contribution in [0.2, 0.25) is 0 Å². The predicted molar refractivity (Wildman–Crippen MR) is 323 cm³/mol. The zero-order chi connectivity index (χ0) is 50.3. The van der Waals surface area contributed by atoms with E-state index in [4.69, 9.17) is 9.97 Å². The summed E-state index contributed by atoms with van der Waals surface area (Å²) in [6, 6.07) is 90.9. The summed E-state index contributed by atoms with van der Waals surface area (Å²) in [7, 11) is 0. The van der Waals surface area contributed by atoms with Gasteiger partial charge in [-0.1, -0.05) is 133 Å². The fraction of sp³-hybridized carbons (Fsp3) is 0. The zero-order valence-electron chi connectivity index (χ0n) is 41.3. The lowest BCUT2D eigenvalue weighted by Gasteiger charge is -2.10. The van der Waals surface area contributed by atoms with Gasteiger partial charge in [-0.2, -0.15) is 0 Å². The van der Waals surface area contributed by atoms with Gasteiger partial charge in [0, 0.05) is 70.2 Å². The molecule has 0 saturated heterocycles. The summed E-state index contributed by atoms with van der Waals surface area (Å²) in [4.78, 5) is 10.1. The quantitative estimate of drug-likeness (QED) is 0.167. The first-order chi connectivity index (χ1) is 38.2. The van der Waals surface area contributed by atoms with Crippen molar-refractivity contribution in [1.29, 1.82) is 0 Å². The molecule has 0 saturated carbocycles. The smallest absolute Gasteiger partial charge is 0.159 e. The molecule has 0 atom stereocenters. The first kappa shape index (κ1) is 42.3. The monoisotopic (exact) mass is 998 g/mol. The molecular weight excluding hydrogens is 957 g/mol. The van der Waals surface area contributed by atoms with Crippen LogP contribution in [0.3, 0.4) is 0 Å². The fourth-order valence-corrected chi connectivity index (χ4v) is 13.8. The van der Waals surface area contributed by atoms with Gasteiger partial charge in [0.25, 0.3) is 0 Å². The Bertz CT molecular complexity index is 5290. The van der Waals surface area contributed by atoms with Crippen molar-refractivity contribution < 1.29 is 0 Å². The minimum absolute atomic E-state index is 0.888. The highest BCUT2D eigenvalue weighted by molar-refractivity contribution is 7.26. The molecule has 77 heavy (non-hydrogen) atoms. The van der Waals surface area contributed by atoms with Gasteiger partial charge in [0.1, 0.15) is 6.33 Å². The van der Waals surface area contributed by atoms with Gasteiger partial charge >= 0.3 is 0 Å². The molecule has 0 spiro atoms. The van der Waals surface area contributed by atoms with Crippen LogP contribution in [0.1, 0.15) is 0 Å². The van der Waals surface area contributed by atoms with Crippen molar-refractivity contribution in [3.8, 4) is 45.1 Å². The summed E-state index contributed by atoms with van der Waals surface area (Å²) in [5.74, 6) is 0.888. The summed E-state index contributed by atoms with van der Waals surface area (Å²) in [5.41, 5.74) is 18.5. The zero-order valence-corrected chi connectivity index (χ0v) is 42.2. The van der Waals surface area contributed by atoms with E-state index < -0.39 is 0 Å². The van der Waals surface area contributed by atoms with Gasteiger partial charge in [-0.3, -0.25) is 4.57 Å². The molecule has 0 radical (unpaired) electrons. The van der Waals surface area contributed by atoms with E-state index in [0.29, 0.717) is 0 Å². The molecule has 6 aromatic heterocycles. The normalized spacial score (nSPS) is 12.2. The van der Waals surface area contributed by atoms with E-state index in [1.165, 1.54) is 97.6 Å². The number of para-hydroxylation sites is 6. The van der Waals surface area contributed by atoms with Crippen LogP contribution >= 0.6 is 11.3 Å². The van der Waals surface area contributed by atoms with Crippen molar-refractivity contribution >= 4 is 119 Å². The standard InChI is InChI=1S/C70H42N6S/c1-3-15-47(16-4-1)73-59-23-11-7-19-50(59)54-37-43(27-32-63(54)73)45-29-34-65-56(39-45)52-21-9-13-25-61(52)75(65)49-31-36-67-58(41-49)68-69(77-67)70(72-42-71-68)76-62-26-14-10-22-53(62)57-40-46(30-35-66(57)76)44-28-33-64-55(38-44)51-20-8-12-24-60(51)74(64)48-17-5-2-6-18-48/h1-42H. The summed E-state index contributed by atoms with van der Waals surface area (Å²) in [6.45, 7) is 0. The molecule has 17 rings (SSSR count). The van der Waals surface area contributed by atoms with Crippen LogP contribution in [0.25, 0.3) is 153 Å². The Balaban J connectivity index is 0.777. The molecule has 6 nitrogen and oxygen atoms in total. The number of nitrogens with zero attached hydrogens (tertiary/aromatic N) is 6. The van der Waals surface area contributed by atoms with Crippen molar-refractivity contribution in [3.05, 3.63) is 255 Å². The van der Waals surface area contributed by atoms with Gasteiger partial charge in [0.05, 0.1) is 54.4 Å². The summed E-state index contributed by atoms with van der Waals surface area (Å²) >= 11 is 1.76. The Hall–Kier alpha value is -10.1. The third kappa shape index (κ3) is 6.17. The number of hydrogen-bond acceptors (Lipinski definition) is 3. The van der Waals surface area contributed by atoms with Crippen LogP contribution in [-0.4, -0.2) is 28.2 Å². The molecule has 0 amide bonds. The SMILES string of the molecule is c1ccc(-n2c3ccccc3c3cc(-c4ccc5c(c4)c4ccccc4n5-c4ccc5sc6c(-n7c8ccccc8c8cc(-c9ccc%10c(c9)c9ccccc9n%10-c9ccccc9)ccc87)ncnc6c5c4)ccc32)cc1. The molecular formula is C70H42N6S. The molecule has 358 valence electrons. The van der Waals surface area contributed by atoms with Gasteiger partial charge < -0.3 is 13.7 Å². The molecule has 0 N–H and O–H groups in total. The van der Waals surface area contributed by atoms with Gasteiger partial charge in [0.2, 0.25) is 0 Å². The van der Waals surface area contributed by atoms with E-state index >= 15 is 0 Å². The first-order valence-electron chi connectivity index (χ1n) is 26.1. The molecule has 0 bridgehead atoms. The van der Waals surface area contributed by atoms with Crippen LogP contribution in [0, 0.1) is 0 Å².